The van der Waals surface area contributed by atoms with Gasteiger partial charge in [0.25, 0.3) is 5.56 Å². The van der Waals surface area contributed by atoms with Crippen molar-refractivity contribution in [2.45, 2.75) is 52.9 Å². The molecule has 0 aliphatic carbocycles. The Morgan fingerprint density at radius 3 is 2.44 bits per heavy atom. The lowest BCUT2D eigenvalue weighted by Gasteiger charge is -2.23. The molecule has 1 aliphatic heterocycles. The van der Waals surface area contributed by atoms with Crippen LogP contribution in [-0.2, 0) is 18.4 Å². The third-order valence-electron chi connectivity index (χ3n) is 5.81. The highest BCUT2D eigenvalue weighted by molar-refractivity contribution is 5.88. The Bertz CT molecular complexity index is 1290. The van der Waals surface area contributed by atoms with Gasteiger partial charge in [0.2, 0.25) is 0 Å². The number of aromatic nitrogens is 1. The zero-order chi connectivity index (χ0) is 26.2. The van der Waals surface area contributed by atoms with Crippen molar-refractivity contribution in [3.05, 3.63) is 81.3 Å². The molecule has 0 saturated carbocycles. The molecule has 0 spiro atoms. The molecule has 1 atom stereocenters. The first kappa shape index (κ1) is 27.2. The molecule has 6 nitrogen and oxygen atoms in total. The lowest BCUT2D eigenvalue weighted by Crippen LogP contribution is -2.20. The molecule has 0 saturated heterocycles. The molecule has 192 valence electrons. The maximum atomic E-state index is 14.8. The summed E-state index contributed by atoms with van der Waals surface area (Å²) in [6, 6.07) is 9.31. The van der Waals surface area contributed by atoms with E-state index in [1.165, 1.54) is 18.6 Å². The van der Waals surface area contributed by atoms with E-state index in [2.05, 4.69) is 29.8 Å². The summed E-state index contributed by atoms with van der Waals surface area (Å²) in [4.78, 5) is 22.4. The predicted molar refractivity (Wildman–Crippen MR) is 142 cm³/mol. The molecule has 2 heterocycles. The molecule has 4 rings (SSSR count). The Morgan fingerprint density at radius 1 is 1.06 bits per heavy atom. The second-order valence-corrected chi connectivity index (χ2v) is 8.64. The second-order valence-electron chi connectivity index (χ2n) is 8.64. The number of nitrogens with zero attached hydrogens (tertiary/aromatic N) is 2. The number of halogens is 2. The quantitative estimate of drug-likeness (QED) is 0.279. The van der Waals surface area contributed by atoms with Crippen molar-refractivity contribution in [2.75, 3.05) is 12.0 Å². The SMILES string of the molecule is CCC.CCNONc1ccc(C(CC)c2ccc(F)cc2F)c(-c2cn(C)c(=O)c3c2N=CC3)c1. The molecule has 8 heteroatoms. The predicted octanol–water partition coefficient (Wildman–Crippen LogP) is 6.42. The number of benzene rings is 2. The van der Waals surface area contributed by atoms with E-state index in [0.29, 0.717) is 41.9 Å². The largest absolute Gasteiger partial charge is 0.318 e. The first-order valence-corrected chi connectivity index (χ1v) is 12.3. The fourth-order valence-corrected chi connectivity index (χ4v) is 4.26. The number of pyridine rings is 1. The molecule has 2 N–H and O–H groups in total. The van der Waals surface area contributed by atoms with Gasteiger partial charge in [-0.25, -0.2) is 14.3 Å². The molecular formula is C28H34F2N4O2. The van der Waals surface area contributed by atoms with Gasteiger partial charge in [0, 0.05) is 55.5 Å². The maximum absolute atomic E-state index is 14.8. The number of hydroxylamine groups is 1. The molecule has 1 aromatic heterocycles. The van der Waals surface area contributed by atoms with Crippen LogP contribution in [0.3, 0.4) is 0 Å². The van der Waals surface area contributed by atoms with Gasteiger partial charge in [0.15, 0.2) is 0 Å². The molecule has 0 bridgehead atoms. The van der Waals surface area contributed by atoms with Gasteiger partial charge < -0.3 is 4.57 Å². The Balaban J connectivity index is 0.00000115. The molecule has 0 amide bonds. The van der Waals surface area contributed by atoms with Gasteiger partial charge in [0.05, 0.1) is 11.4 Å². The maximum Gasteiger partial charge on any atom is 0.256 e. The van der Waals surface area contributed by atoms with Gasteiger partial charge in [-0.3, -0.25) is 9.79 Å². The van der Waals surface area contributed by atoms with Crippen molar-refractivity contribution in [2.24, 2.45) is 12.0 Å². The van der Waals surface area contributed by atoms with Gasteiger partial charge in [-0.1, -0.05) is 46.2 Å². The number of aryl methyl sites for hydroxylation is 1. The van der Waals surface area contributed by atoms with Crippen molar-refractivity contribution in [1.82, 2.24) is 10.0 Å². The summed E-state index contributed by atoms with van der Waals surface area (Å²) in [5.41, 5.74) is 10.2. The Kier molecular flexibility index (Phi) is 9.50. The first-order chi connectivity index (χ1) is 17.4. The van der Waals surface area contributed by atoms with E-state index in [4.69, 9.17) is 4.94 Å². The number of fused-ring (bicyclic) bond motifs is 1. The molecule has 3 aromatic rings. The van der Waals surface area contributed by atoms with Gasteiger partial charge in [-0.2, -0.15) is 10.4 Å². The molecule has 36 heavy (non-hydrogen) atoms. The van der Waals surface area contributed by atoms with Crippen molar-refractivity contribution in [3.63, 3.8) is 0 Å². The monoisotopic (exact) mass is 496 g/mol. The number of nitrogens with one attached hydrogen (secondary N) is 2. The standard InChI is InChI=1S/C25H26F2N4O2.C3H8/c1-4-17(19-8-6-15(26)12-23(19)27)18-9-7-16(30-33-29-5-2)13-21(18)22-14-31(3)25(32)20-10-11-28-24(20)22;1-3-2/h6-9,11-14,17,29-30H,4-5,10H2,1-3H3;3H2,1-2H3. The Hall–Kier alpha value is -3.36. The highest BCUT2D eigenvalue weighted by atomic mass is 19.1. The summed E-state index contributed by atoms with van der Waals surface area (Å²) in [6.45, 7) is 8.73. The van der Waals surface area contributed by atoms with Crippen molar-refractivity contribution >= 4 is 17.6 Å². The van der Waals surface area contributed by atoms with Crippen LogP contribution in [0.25, 0.3) is 11.1 Å². The highest BCUT2D eigenvalue weighted by Crippen LogP contribution is 2.42. The summed E-state index contributed by atoms with van der Waals surface area (Å²) in [5.74, 6) is -1.53. The van der Waals surface area contributed by atoms with Crippen molar-refractivity contribution in [1.29, 1.82) is 0 Å². The third kappa shape index (κ3) is 5.88. The zero-order valence-corrected chi connectivity index (χ0v) is 21.5. The second kappa shape index (κ2) is 12.6. The smallest absolute Gasteiger partial charge is 0.256 e. The van der Waals surface area contributed by atoms with E-state index in [1.807, 2.05) is 32.0 Å². The highest BCUT2D eigenvalue weighted by Gasteiger charge is 2.25. The van der Waals surface area contributed by atoms with E-state index in [0.717, 1.165) is 22.8 Å². The van der Waals surface area contributed by atoms with Crippen LogP contribution in [0.4, 0.5) is 20.2 Å². The number of anilines is 1. The van der Waals surface area contributed by atoms with E-state index in [-0.39, 0.29) is 11.5 Å². The van der Waals surface area contributed by atoms with Crippen LogP contribution in [0.15, 0.2) is 52.4 Å². The van der Waals surface area contributed by atoms with Crippen LogP contribution in [-0.4, -0.2) is 17.3 Å². The van der Waals surface area contributed by atoms with Crippen LogP contribution in [0.1, 0.15) is 63.1 Å². The number of rotatable bonds is 8. The van der Waals surface area contributed by atoms with E-state index in [1.54, 1.807) is 24.0 Å². The molecule has 2 aromatic carbocycles. The first-order valence-electron chi connectivity index (χ1n) is 12.3. The van der Waals surface area contributed by atoms with Crippen molar-refractivity contribution in [3.8, 4) is 11.1 Å². The van der Waals surface area contributed by atoms with E-state index < -0.39 is 11.6 Å². The van der Waals surface area contributed by atoms with Gasteiger partial charge >= 0.3 is 0 Å². The average molecular weight is 497 g/mol. The topological polar surface area (TPSA) is 67.7 Å². The fourth-order valence-electron chi connectivity index (χ4n) is 4.26. The van der Waals surface area contributed by atoms with Crippen LogP contribution < -0.4 is 16.5 Å². The molecule has 0 radical (unpaired) electrons. The van der Waals surface area contributed by atoms with Gasteiger partial charge in [-0.05, 0) is 41.3 Å². The minimum Gasteiger partial charge on any atom is -0.318 e. The number of hydrogen-bond acceptors (Lipinski definition) is 5. The average Bonchev–Trinajstić information content (AvgIpc) is 3.35. The van der Waals surface area contributed by atoms with Gasteiger partial charge in [0.1, 0.15) is 11.6 Å². The normalized spacial score (nSPS) is 12.6. The molecule has 0 fully saturated rings. The lowest BCUT2D eigenvalue weighted by molar-refractivity contribution is 0.0930. The Morgan fingerprint density at radius 2 is 1.78 bits per heavy atom. The van der Waals surface area contributed by atoms with Gasteiger partial charge in [-0.15, -0.1) is 0 Å². The molecule has 1 aliphatic rings. The van der Waals surface area contributed by atoms with Crippen LogP contribution in [0, 0.1) is 11.6 Å². The van der Waals surface area contributed by atoms with E-state index in [9.17, 15) is 13.6 Å². The Labute approximate surface area is 210 Å². The summed E-state index contributed by atoms with van der Waals surface area (Å²) in [5, 5.41) is 0. The number of hydrogen-bond donors (Lipinski definition) is 2. The zero-order valence-electron chi connectivity index (χ0n) is 21.5. The van der Waals surface area contributed by atoms with Crippen molar-refractivity contribution < 1.29 is 13.7 Å². The fraction of sp³-hybridized carbons (Fsp3) is 0.357. The number of aliphatic imine (C=N–C) groups is 1. The summed E-state index contributed by atoms with van der Waals surface area (Å²) >= 11 is 0. The minimum absolute atomic E-state index is 0.0887. The minimum atomic E-state index is -0.614. The molecule has 1 unspecified atom stereocenters. The van der Waals surface area contributed by atoms with Crippen LogP contribution >= 0.6 is 0 Å². The third-order valence-corrected chi connectivity index (χ3v) is 5.81. The summed E-state index contributed by atoms with van der Waals surface area (Å²) < 4.78 is 29.9. The van der Waals surface area contributed by atoms with Crippen LogP contribution in [0.2, 0.25) is 0 Å². The van der Waals surface area contributed by atoms with E-state index >= 15 is 0 Å². The summed E-state index contributed by atoms with van der Waals surface area (Å²) in [6.07, 6.45) is 5.79. The lowest BCUT2D eigenvalue weighted by atomic mass is 9.83. The summed E-state index contributed by atoms with van der Waals surface area (Å²) in [7, 11) is 1.71. The molecular weight excluding hydrogens is 462 g/mol. The van der Waals surface area contributed by atoms with Crippen LogP contribution in [0.5, 0.6) is 0 Å².